The Hall–Kier alpha value is -3.42. The maximum atomic E-state index is 12.2. The zero-order valence-electron chi connectivity index (χ0n) is 15.1. The van der Waals surface area contributed by atoms with Crippen LogP contribution in [0.25, 0.3) is 0 Å². The molecule has 1 aromatic carbocycles. The van der Waals surface area contributed by atoms with Crippen molar-refractivity contribution in [2.45, 2.75) is 13.8 Å². The quantitative estimate of drug-likeness (QED) is 0.728. The van der Waals surface area contributed by atoms with Crippen LogP contribution in [-0.4, -0.2) is 35.1 Å². The van der Waals surface area contributed by atoms with Gasteiger partial charge in [-0.15, -0.1) is 0 Å². The SMILES string of the molecule is Cc1cc(N(C)C)nc(Nc2ccc(NC(=O)c3cnoc3C)cc2)n1. The Balaban J connectivity index is 1.70. The minimum atomic E-state index is -0.262. The van der Waals surface area contributed by atoms with Gasteiger partial charge in [0.25, 0.3) is 5.91 Å². The minimum absolute atomic E-state index is 0.262. The Bertz CT molecular complexity index is 918. The van der Waals surface area contributed by atoms with E-state index < -0.39 is 0 Å². The second kappa shape index (κ2) is 7.22. The highest BCUT2D eigenvalue weighted by Crippen LogP contribution is 2.20. The third-order valence-corrected chi connectivity index (χ3v) is 3.69. The average Bonchev–Trinajstić information content (AvgIpc) is 3.02. The summed E-state index contributed by atoms with van der Waals surface area (Å²) in [4.78, 5) is 22.9. The van der Waals surface area contributed by atoms with Crippen LogP contribution < -0.4 is 15.5 Å². The Labute approximate surface area is 151 Å². The zero-order valence-corrected chi connectivity index (χ0v) is 15.1. The summed E-state index contributed by atoms with van der Waals surface area (Å²) in [6, 6.07) is 9.20. The first-order valence-electron chi connectivity index (χ1n) is 8.05. The van der Waals surface area contributed by atoms with Gasteiger partial charge in [0, 0.05) is 37.2 Å². The van der Waals surface area contributed by atoms with Gasteiger partial charge < -0.3 is 20.1 Å². The number of hydrogen-bond donors (Lipinski definition) is 2. The predicted molar refractivity (Wildman–Crippen MR) is 100 cm³/mol. The van der Waals surface area contributed by atoms with Crippen LogP contribution in [-0.2, 0) is 0 Å². The molecule has 0 fully saturated rings. The lowest BCUT2D eigenvalue weighted by Crippen LogP contribution is -2.13. The summed E-state index contributed by atoms with van der Waals surface area (Å²) in [5.74, 6) is 1.56. The van der Waals surface area contributed by atoms with E-state index in [1.807, 2.05) is 44.1 Å². The Morgan fingerprint density at radius 3 is 2.38 bits per heavy atom. The molecule has 1 amide bonds. The normalized spacial score (nSPS) is 10.5. The lowest BCUT2D eigenvalue weighted by atomic mass is 10.2. The molecule has 0 aliphatic carbocycles. The van der Waals surface area contributed by atoms with Gasteiger partial charge in [-0.25, -0.2) is 4.98 Å². The smallest absolute Gasteiger partial charge is 0.260 e. The van der Waals surface area contributed by atoms with Gasteiger partial charge in [-0.05, 0) is 38.1 Å². The highest BCUT2D eigenvalue weighted by molar-refractivity contribution is 6.04. The first kappa shape index (κ1) is 17.4. The molecule has 134 valence electrons. The van der Waals surface area contributed by atoms with Crippen LogP contribution in [0.15, 0.2) is 41.1 Å². The van der Waals surface area contributed by atoms with Crippen molar-refractivity contribution >= 4 is 29.0 Å². The maximum absolute atomic E-state index is 12.2. The largest absolute Gasteiger partial charge is 0.363 e. The Kier molecular flexibility index (Phi) is 4.83. The number of benzene rings is 1. The number of hydrogen-bond acceptors (Lipinski definition) is 7. The molecular formula is C18H20N6O2. The predicted octanol–water partition coefficient (Wildman–Crippen LogP) is 3.14. The fourth-order valence-corrected chi connectivity index (χ4v) is 2.32. The van der Waals surface area contributed by atoms with Gasteiger partial charge in [0.1, 0.15) is 17.1 Å². The second-order valence-corrected chi connectivity index (χ2v) is 6.04. The molecule has 0 spiro atoms. The lowest BCUT2D eigenvalue weighted by Gasteiger charge is -2.14. The molecule has 0 unspecified atom stereocenters. The molecule has 26 heavy (non-hydrogen) atoms. The Morgan fingerprint density at radius 2 is 1.77 bits per heavy atom. The zero-order chi connectivity index (χ0) is 18.7. The fraction of sp³-hybridized carbons (Fsp3) is 0.222. The fourth-order valence-electron chi connectivity index (χ4n) is 2.32. The highest BCUT2D eigenvalue weighted by Gasteiger charge is 2.13. The van der Waals surface area contributed by atoms with Gasteiger partial charge in [-0.3, -0.25) is 4.79 Å². The Morgan fingerprint density at radius 1 is 1.08 bits per heavy atom. The van der Waals surface area contributed by atoms with Crippen LogP contribution >= 0.6 is 0 Å². The van der Waals surface area contributed by atoms with Crippen molar-refractivity contribution in [1.29, 1.82) is 0 Å². The molecule has 8 nitrogen and oxygen atoms in total. The molecule has 3 aromatic rings. The number of aromatic nitrogens is 3. The summed E-state index contributed by atoms with van der Waals surface area (Å²) >= 11 is 0. The van der Waals surface area contributed by atoms with Gasteiger partial charge in [0.2, 0.25) is 5.95 Å². The summed E-state index contributed by atoms with van der Waals surface area (Å²) in [6.45, 7) is 3.62. The van der Waals surface area contributed by atoms with Crippen LogP contribution in [0.5, 0.6) is 0 Å². The van der Waals surface area contributed by atoms with Crippen LogP contribution in [0.3, 0.4) is 0 Å². The van der Waals surface area contributed by atoms with E-state index in [2.05, 4.69) is 25.8 Å². The molecule has 3 rings (SSSR count). The van der Waals surface area contributed by atoms with Crippen molar-refractivity contribution in [3.63, 3.8) is 0 Å². The van der Waals surface area contributed by atoms with E-state index in [9.17, 15) is 4.79 Å². The molecule has 8 heteroatoms. The molecule has 2 N–H and O–H groups in total. The van der Waals surface area contributed by atoms with Crippen molar-refractivity contribution < 1.29 is 9.32 Å². The van der Waals surface area contributed by atoms with Gasteiger partial charge >= 0.3 is 0 Å². The molecular weight excluding hydrogens is 332 g/mol. The number of carbonyl (C=O) groups is 1. The molecule has 0 aliphatic rings. The van der Waals surface area contributed by atoms with Crippen LogP contribution in [0, 0.1) is 13.8 Å². The van der Waals surface area contributed by atoms with Crippen molar-refractivity contribution in [2.24, 2.45) is 0 Å². The molecule has 0 aliphatic heterocycles. The van der Waals surface area contributed by atoms with E-state index in [4.69, 9.17) is 4.52 Å². The number of nitrogens with zero attached hydrogens (tertiary/aromatic N) is 4. The first-order valence-corrected chi connectivity index (χ1v) is 8.05. The number of anilines is 4. The molecule has 2 aromatic heterocycles. The summed E-state index contributed by atoms with van der Waals surface area (Å²) in [6.07, 6.45) is 1.40. The summed E-state index contributed by atoms with van der Waals surface area (Å²) in [7, 11) is 3.86. The van der Waals surface area contributed by atoms with E-state index in [-0.39, 0.29) is 5.91 Å². The second-order valence-electron chi connectivity index (χ2n) is 6.04. The van der Waals surface area contributed by atoms with E-state index in [0.717, 1.165) is 17.2 Å². The summed E-state index contributed by atoms with van der Waals surface area (Å²) in [5, 5.41) is 9.58. The minimum Gasteiger partial charge on any atom is -0.363 e. The van der Waals surface area contributed by atoms with Crippen LogP contribution in [0.4, 0.5) is 23.1 Å². The molecule has 0 bridgehead atoms. The third kappa shape index (κ3) is 3.97. The summed E-state index contributed by atoms with van der Waals surface area (Å²) < 4.78 is 4.91. The number of amides is 1. The highest BCUT2D eigenvalue weighted by atomic mass is 16.5. The molecule has 0 atom stereocenters. The standard InChI is InChI=1S/C18H20N6O2/c1-11-9-16(24(3)4)23-18(20-11)22-14-7-5-13(6-8-14)21-17(25)15-10-19-26-12(15)2/h5-10H,1-4H3,(H,21,25)(H,20,22,23). The maximum Gasteiger partial charge on any atom is 0.260 e. The molecule has 2 heterocycles. The monoisotopic (exact) mass is 352 g/mol. The number of carbonyl (C=O) groups excluding carboxylic acids is 1. The van der Waals surface area contributed by atoms with Crippen LogP contribution in [0.2, 0.25) is 0 Å². The van der Waals surface area contributed by atoms with Crippen LogP contribution in [0.1, 0.15) is 21.8 Å². The van der Waals surface area contributed by atoms with E-state index in [0.29, 0.717) is 23.0 Å². The topological polar surface area (TPSA) is 96.2 Å². The van der Waals surface area contributed by atoms with Gasteiger partial charge in [-0.2, -0.15) is 4.98 Å². The van der Waals surface area contributed by atoms with Gasteiger partial charge in [0.05, 0.1) is 6.20 Å². The molecule has 0 saturated heterocycles. The van der Waals surface area contributed by atoms with Crippen molar-refractivity contribution in [2.75, 3.05) is 29.6 Å². The van der Waals surface area contributed by atoms with Crippen molar-refractivity contribution in [1.82, 2.24) is 15.1 Å². The lowest BCUT2D eigenvalue weighted by molar-refractivity contribution is 0.102. The number of aryl methyl sites for hydroxylation is 2. The summed E-state index contributed by atoms with van der Waals surface area (Å²) in [5.41, 5.74) is 2.77. The molecule has 0 radical (unpaired) electrons. The van der Waals surface area contributed by atoms with Crippen molar-refractivity contribution in [3.05, 3.63) is 53.5 Å². The number of rotatable bonds is 5. The van der Waals surface area contributed by atoms with E-state index in [1.54, 1.807) is 19.1 Å². The molecule has 0 saturated carbocycles. The van der Waals surface area contributed by atoms with E-state index >= 15 is 0 Å². The van der Waals surface area contributed by atoms with Crippen molar-refractivity contribution in [3.8, 4) is 0 Å². The average molecular weight is 352 g/mol. The van der Waals surface area contributed by atoms with E-state index in [1.165, 1.54) is 6.20 Å². The van der Waals surface area contributed by atoms with Gasteiger partial charge in [-0.1, -0.05) is 5.16 Å². The first-order chi connectivity index (χ1) is 12.4. The van der Waals surface area contributed by atoms with Gasteiger partial charge in [0.15, 0.2) is 0 Å². The third-order valence-electron chi connectivity index (χ3n) is 3.69. The number of nitrogens with one attached hydrogen (secondary N) is 2.